The molecule has 1 aromatic carbocycles. The maximum absolute atomic E-state index is 12.1. The molecule has 0 radical (unpaired) electrons. The van der Waals surface area contributed by atoms with Crippen LogP contribution in [-0.2, 0) is 14.6 Å². The smallest absolute Gasteiger partial charge is 0.237 e. The highest BCUT2D eigenvalue weighted by Crippen LogP contribution is 2.20. The van der Waals surface area contributed by atoms with Crippen molar-refractivity contribution < 1.29 is 13.2 Å². The van der Waals surface area contributed by atoms with Crippen LogP contribution in [0.25, 0.3) is 0 Å². The third-order valence-electron chi connectivity index (χ3n) is 4.30. The Morgan fingerprint density at radius 2 is 1.58 bits per heavy atom. The molecule has 2 rings (SSSR count). The molecular weight excluding hydrogens is 326 g/mol. The number of amides is 1. The lowest BCUT2D eigenvalue weighted by Gasteiger charge is -2.38. The summed E-state index contributed by atoms with van der Waals surface area (Å²) >= 11 is 0. The molecule has 1 N–H and O–H groups in total. The molecule has 1 aromatic rings. The molecule has 0 aromatic heterocycles. The Morgan fingerprint density at radius 1 is 1.04 bits per heavy atom. The number of carbonyl (C=O) groups excluding carboxylic acids is 1. The third kappa shape index (κ3) is 4.70. The van der Waals surface area contributed by atoms with Crippen molar-refractivity contribution in [3.05, 3.63) is 24.3 Å². The van der Waals surface area contributed by atoms with E-state index in [1.54, 1.807) is 12.1 Å². The summed E-state index contributed by atoms with van der Waals surface area (Å²) in [5.74, 6) is 0.0657. The van der Waals surface area contributed by atoms with Gasteiger partial charge >= 0.3 is 0 Å². The summed E-state index contributed by atoms with van der Waals surface area (Å²) in [5.41, 5.74) is 1.02. The van der Waals surface area contributed by atoms with Gasteiger partial charge in [-0.05, 0) is 45.0 Å². The van der Waals surface area contributed by atoms with E-state index in [4.69, 9.17) is 0 Å². The highest BCUT2D eigenvalue weighted by molar-refractivity contribution is 7.90. The molecule has 134 valence electrons. The number of carbonyl (C=O) groups is 1. The molecule has 1 aliphatic heterocycles. The van der Waals surface area contributed by atoms with Gasteiger partial charge in [0.05, 0.1) is 10.9 Å². The molecule has 1 fully saturated rings. The van der Waals surface area contributed by atoms with Crippen molar-refractivity contribution in [3.63, 3.8) is 0 Å². The van der Waals surface area contributed by atoms with E-state index in [9.17, 15) is 13.2 Å². The lowest BCUT2D eigenvalue weighted by Crippen LogP contribution is -2.54. The second-order valence-corrected chi connectivity index (χ2v) is 8.64. The quantitative estimate of drug-likeness (QED) is 0.859. The number of benzene rings is 1. The first kappa shape index (κ1) is 18.7. The number of sulfone groups is 1. The van der Waals surface area contributed by atoms with Crippen LogP contribution in [0.15, 0.2) is 29.2 Å². The average Bonchev–Trinajstić information content (AvgIpc) is 2.53. The highest BCUT2D eigenvalue weighted by atomic mass is 32.2. The fraction of sp³-hybridized carbons (Fsp3) is 0.588. The zero-order valence-corrected chi connectivity index (χ0v) is 15.6. The molecule has 0 aliphatic carbocycles. The van der Waals surface area contributed by atoms with E-state index < -0.39 is 9.84 Å². The van der Waals surface area contributed by atoms with Crippen molar-refractivity contribution >= 4 is 21.4 Å². The number of anilines is 1. The fourth-order valence-electron chi connectivity index (χ4n) is 2.84. The van der Waals surface area contributed by atoms with Gasteiger partial charge in [0.15, 0.2) is 9.84 Å². The predicted octanol–water partition coefficient (Wildman–Crippen LogP) is 1.13. The second kappa shape index (κ2) is 7.53. The zero-order valence-electron chi connectivity index (χ0n) is 14.8. The van der Waals surface area contributed by atoms with E-state index >= 15 is 0 Å². The number of rotatable bonds is 5. The summed E-state index contributed by atoms with van der Waals surface area (Å²) in [6.45, 7) is 9.11. The summed E-state index contributed by atoms with van der Waals surface area (Å²) < 4.78 is 23.0. The Kier molecular flexibility index (Phi) is 5.87. The van der Waals surface area contributed by atoms with E-state index in [0.717, 1.165) is 31.9 Å². The van der Waals surface area contributed by atoms with E-state index in [0.29, 0.717) is 4.90 Å². The molecule has 7 heteroatoms. The summed E-state index contributed by atoms with van der Waals surface area (Å²) in [6.07, 6.45) is 1.21. The monoisotopic (exact) mass is 353 g/mol. The van der Waals surface area contributed by atoms with E-state index in [-0.39, 0.29) is 18.0 Å². The van der Waals surface area contributed by atoms with Gasteiger partial charge in [0.2, 0.25) is 5.91 Å². The van der Waals surface area contributed by atoms with Crippen LogP contribution >= 0.6 is 0 Å². The van der Waals surface area contributed by atoms with Crippen LogP contribution in [0.4, 0.5) is 5.69 Å². The number of hydrogen-bond acceptors (Lipinski definition) is 5. The average molecular weight is 353 g/mol. The number of piperazine rings is 1. The molecule has 0 bridgehead atoms. The van der Waals surface area contributed by atoms with E-state index in [1.165, 1.54) is 6.26 Å². The number of hydrogen-bond donors (Lipinski definition) is 1. The van der Waals surface area contributed by atoms with Crippen LogP contribution in [0.3, 0.4) is 0 Å². The lowest BCUT2D eigenvalue weighted by molar-refractivity contribution is -0.126. The Balaban J connectivity index is 1.94. The Hall–Kier alpha value is -1.60. The minimum absolute atomic E-state index is 0.0657. The standard InChI is InChI=1S/C17H27N3O3S/c1-13(2)18-17(21)14(3)19-9-11-20(12-10-19)15-5-7-16(8-6-15)24(4,22)23/h5-8,13-14H,9-12H2,1-4H3,(H,18,21). The molecule has 0 saturated carbocycles. The molecule has 1 aliphatic rings. The summed E-state index contributed by atoms with van der Waals surface area (Å²) in [5, 5.41) is 2.95. The summed E-state index contributed by atoms with van der Waals surface area (Å²) in [4.78, 5) is 16.8. The Morgan fingerprint density at radius 3 is 2.04 bits per heavy atom. The Bertz CT molecular complexity index is 663. The molecule has 1 unspecified atom stereocenters. The zero-order chi connectivity index (χ0) is 17.9. The van der Waals surface area contributed by atoms with Crippen LogP contribution in [0.2, 0.25) is 0 Å². The van der Waals surface area contributed by atoms with Crippen LogP contribution in [0, 0.1) is 0 Å². The van der Waals surface area contributed by atoms with Gasteiger partial charge in [0, 0.05) is 44.2 Å². The topological polar surface area (TPSA) is 69.7 Å². The lowest BCUT2D eigenvalue weighted by atomic mass is 10.2. The largest absolute Gasteiger partial charge is 0.369 e. The van der Waals surface area contributed by atoms with Crippen molar-refractivity contribution in [2.75, 3.05) is 37.3 Å². The maximum Gasteiger partial charge on any atom is 0.237 e. The highest BCUT2D eigenvalue weighted by Gasteiger charge is 2.26. The molecule has 1 saturated heterocycles. The maximum atomic E-state index is 12.1. The normalized spacial score (nSPS) is 17.8. The van der Waals surface area contributed by atoms with Gasteiger partial charge in [-0.25, -0.2) is 8.42 Å². The SMILES string of the molecule is CC(C)NC(=O)C(C)N1CCN(c2ccc(S(C)(=O)=O)cc2)CC1. The molecule has 1 atom stereocenters. The predicted molar refractivity (Wildman–Crippen MR) is 96.1 cm³/mol. The molecule has 1 amide bonds. The first-order chi connectivity index (χ1) is 11.2. The van der Waals surface area contributed by atoms with Crippen LogP contribution in [0.1, 0.15) is 20.8 Å². The van der Waals surface area contributed by atoms with Gasteiger partial charge in [-0.3, -0.25) is 9.69 Å². The number of nitrogens with one attached hydrogen (secondary N) is 1. The fourth-order valence-corrected chi connectivity index (χ4v) is 3.47. The molecule has 24 heavy (non-hydrogen) atoms. The minimum Gasteiger partial charge on any atom is -0.369 e. The van der Waals surface area contributed by atoms with Crippen molar-refractivity contribution in [2.24, 2.45) is 0 Å². The number of nitrogens with zero attached hydrogens (tertiary/aromatic N) is 2. The van der Waals surface area contributed by atoms with Crippen molar-refractivity contribution in [1.29, 1.82) is 0 Å². The molecule has 1 heterocycles. The van der Waals surface area contributed by atoms with Crippen molar-refractivity contribution in [2.45, 2.75) is 37.8 Å². The summed E-state index contributed by atoms with van der Waals surface area (Å²) in [6, 6.07) is 7.00. The van der Waals surface area contributed by atoms with Gasteiger partial charge in [-0.15, -0.1) is 0 Å². The van der Waals surface area contributed by atoms with Crippen LogP contribution in [0.5, 0.6) is 0 Å². The third-order valence-corrected chi connectivity index (χ3v) is 5.43. The van der Waals surface area contributed by atoms with Crippen molar-refractivity contribution in [1.82, 2.24) is 10.2 Å². The molecular formula is C17H27N3O3S. The summed E-state index contributed by atoms with van der Waals surface area (Å²) in [7, 11) is -3.16. The van der Waals surface area contributed by atoms with Crippen molar-refractivity contribution in [3.8, 4) is 0 Å². The molecule has 6 nitrogen and oxygen atoms in total. The van der Waals surface area contributed by atoms with Gasteiger partial charge in [0.1, 0.15) is 0 Å². The Labute approximate surface area is 144 Å². The minimum atomic E-state index is -3.16. The second-order valence-electron chi connectivity index (χ2n) is 6.63. The first-order valence-corrected chi connectivity index (χ1v) is 10.2. The van der Waals surface area contributed by atoms with Crippen LogP contribution in [-0.4, -0.2) is 63.7 Å². The van der Waals surface area contributed by atoms with Gasteiger partial charge in [-0.1, -0.05) is 0 Å². The molecule has 0 spiro atoms. The van der Waals surface area contributed by atoms with E-state index in [1.807, 2.05) is 32.9 Å². The van der Waals surface area contributed by atoms with Gasteiger partial charge in [-0.2, -0.15) is 0 Å². The van der Waals surface area contributed by atoms with Crippen LogP contribution < -0.4 is 10.2 Å². The first-order valence-electron chi connectivity index (χ1n) is 8.28. The van der Waals surface area contributed by atoms with Gasteiger partial charge in [0.25, 0.3) is 0 Å². The van der Waals surface area contributed by atoms with E-state index in [2.05, 4.69) is 15.1 Å². The van der Waals surface area contributed by atoms with Gasteiger partial charge < -0.3 is 10.2 Å².